The number of aliphatic hydroxyl groups is 1. The van der Waals surface area contributed by atoms with E-state index in [0.29, 0.717) is 18.3 Å². The lowest BCUT2D eigenvalue weighted by atomic mass is 9.47. The highest BCUT2D eigenvalue weighted by Gasteiger charge is 2.71. The molecule has 9 aliphatic rings. The molecule has 0 aromatic heterocycles. The Hall–Kier alpha value is -2.19. The van der Waals surface area contributed by atoms with E-state index >= 15 is 8.78 Å². The molecule has 1 spiro atoms. The lowest BCUT2D eigenvalue weighted by molar-refractivity contribution is -0.208. The average Bonchev–Trinajstić information content (AvgIpc) is 3.54. The molecule has 2 aromatic rings. The van der Waals surface area contributed by atoms with Gasteiger partial charge >= 0.3 is 27.3 Å². The van der Waals surface area contributed by atoms with Crippen LogP contribution in [-0.2, 0) is 40.0 Å². The second kappa shape index (κ2) is 13.7. The molecule has 322 valence electrons. The zero-order valence-corrected chi connectivity index (χ0v) is 37.3. The van der Waals surface area contributed by atoms with E-state index in [-0.39, 0.29) is 63.3 Å². The Morgan fingerprint density at radius 1 is 0.847 bits per heavy atom. The van der Waals surface area contributed by atoms with Crippen LogP contribution in [-0.4, -0.2) is 68.2 Å². The third-order valence-electron chi connectivity index (χ3n) is 15.4. The number of hydrogen-bond acceptors (Lipinski definition) is 9. The van der Waals surface area contributed by atoms with Crippen molar-refractivity contribution in [3.8, 4) is 11.1 Å². The van der Waals surface area contributed by atoms with Crippen molar-refractivity contribution in [2.75, 3.05) is 12.4 Å². The molecule has 8 saturated carbocycles. The molecule has 8 aliphatic carbocycles. The van der Waals surface area contributed by atoms with E-state index in [9.17, 15) is 27.7 Å². The molecular weight excluding hydrogens is 815 g/mol. The molecule has 59 heavy (non-hydrogen) atoms. The Morgan fingerprint density at radius 3 is 2.00 bits per heavy atom. The van der Waals surface area contributed by atoms with E-state index in [1.54, 1.807) is 0 Å². The number of esters is 2. The van der Waals surface area contributed by atoms with Crippen LogP contribution in [0.5, 0.6) is 0 Å². The first-order valence-electron chi connectivity index (χ1n) is 21.4. The Balaban J connectivity index is 1.03. The molecule has 9 fully saturated rings. The van der Waals surface area contributed by atoms with Crippen molar-refractivity contribution in [3.05, 3.63) is 59.2 Å². The summed E-state index contributed by atoms with van der Waals surface area (Å²) >= 11 is 3.65. The van der Waals surface area contributed by atoms with E-state index in [4.69, 9.17) is 9.47 Å². The number of hydrogen-bond donors (Lipinski definition) is 2. The summed E-state index contributed by atoms with van der Waals surface area (Å²) < 4.78 is 75.6. The maximum Gasteiger partial charge on any atom is 0.465 e. The van der Waals surface area contributed by atoms with Crippen molar-refractivity contribution in [3.63, 3.8) is 0 Å². The number of rotatable bonds is 8. The lowest BCUT2D eigenvalue weighted by Crippen LogP contribution is -2.65. The predicted molar refractivity (Wildman–Crippen MR) is 226 cm³/mol. The molecule has 1 aliphatic heterocycles. The molecule has 8 bridgehead atoms. The van der Waals surface area contributed by atoms with Crippen LogP contribution in [0.25, 0.3) is 11.1 Å². The zero-order chi connectivity index (χ0) is 42.3. The fourth-order valence-electron chi connectivity index (χ4n) is 13.4. The number of alkyl halides is 2. The van der Waals surface area contributed by atoms with Crippen molar-refractivity contribution >= 4 is 45.6 Å². The van der Waals surface area contributed by atoms with Crippen LogP contribution in [0.4, 0.5) is 8.78 Å². The molecule has 11 rings (SSSR count). The summed E-state index contributed by atoms with van der Waals surface area (Å²) in [6.07, 6.45) is 6.75. The summed E-state index contributed by atoms with van der Waals surface area (Å²) in [6.45, 7) is 13.1. The Morgan fingerprint density at radius 2 is 1.44 bits per heavy atom. The van der Waals surface area contributed by atoms with Crippen LogP contribution in [0.15, 0.2) is 42.5 Å². The standard InChI is InChI=1S/C46H58F2O8S3/c1-40(2,3)30-9-7-28(8-10-30)35-12-11-31(41(4,5)6)16-36(35)37-29-14-32-21-44(37,56-39(50)46(47,48)59(52,53)54)22-33(15-29)45(32)57-24-34(58-45)23-55-38(49)42-17-26-13-27(18-42)20-43(51,19-26)25-42/h7-12,16,26-27,29,32-34,37,51H,13-15,17-25H2,1-6H3,(H,52,53,54). The van der Waals surface area contributed by atoms with Gasteiger partial charge in [0.2, 0.25) is 0 Å². The number of benzene rings is 2. The molecule has 8 nitrogen and oxygen atoms in total. The summed E-state index contributed by atoms with van der Waals surface area (Å²) in [5.74, 6) is -1.59. The van der Waals surface area contributed by atoms with Crippen LogP contribution in [0, 0.1) is 35.0 Å². The van der Waals surface area contributed by atoms with Crippen molar-refractivity contribution in [1.29, 1.82) is 0 Å². The molecule has 2 N–H and O–H groups in total. The predicted octanol–water partition coefficient (Wildman–Crippen LogP) is 9.66. The Kier molecular flexibility index (Phi) is 9.75. The molecule has 1 saturated heterocycles. The number of carbonyl (C=O) groups is 2. The minimum atomic E-state index is -6.09. The summed E-state index contributed by atoms with van der Waals surface area (Å²) in [6, 6.07) is 14.7. The Bertz CT molecular complexity index is 2130. The highest BCUT2D eigenvalue weighted by molar-refractivity contribution is 8.21. The molecule has 2 aromatic carbocycles. The van der Waals surface area contributed by atoms with Gasteiger partial charge in [-0.2, -0.15) is 17.2 Å². The van der Waals surface area contributed by atoms with Gasteiger partial charge < -0.3 is 14.6 Å². The first-order valence-corrected chi connectivity index (χ1v) is 24.7. The van der Waals surface area contributed by atoms with Crippen molar-refractivity contribution in [2.45, 2.75) is 148 Å². The Labute approximate surface area is 355 Å². The van der Waals surface area contributed by atoms with Gasteiger partial charge in [0.1, 0.15) is 12.2 Å². The summed E-state index contributed by atoms with van der Waals surface area (Å²) in [7, 11) is -6.09. The summed E-state index contributed by atoms with van der Waals surface area (Å²) in [4.78, 5) is 27.3. The molecule has 0 amide bonds. The number of halogens is 2. The van der Waals surface area contributed by atoms with Crippen molar-refractivity contribution in [1.82, 2.24) is 0 Å². The van der Waals surface area contributed by atoms with E-state index in [0.717, 1.165) is 78.5 Å². The van der Waals surface area contributed by atoms with Crippen molar-refractivity contribution < 1.29 is 45.9 Å². The van der Waals surface area contributed by atoms with Gasteiger partial charge in [0.05, 0.1) is 15.1 Å². The second-order valence-corrected chi connectivity index (χ2v) is 26.3. The monoisotopic (exact) mass is 872 g/mol. The van der Waals surface area contributed by atoms with Gasteiger partial charge in [-0.3, -0.25) is 9.35 Å². The highest BCUT2D eigenvalue weighted by Crippen LogP contribution is 2.74. The topological polar surface area (TPSA) is 127 Å². The lowest BCUT2D eigenvalue weighted by Gasteiger charge is -2.66. The SMILES string of the molecule is CC(C)(C)c1ccc(-c2ccc(C(C)(C)C)cc2C2C3CC4CC2(OC(=O)C(F)(F)S(=O)(=O)O)CC(C3)C42SCC(COC(=O)C34CC5CC(CC(O)(C5)C3)C4)S2)cc1. The first-order chi connectivity index (χ1) is 27.4. The summed E-state index contributed by atoms with van der Waals surface area (Å²) in [5, 5.41) is 6.15. The fourth-order valence-corrected chi connectivity index (χ4v) is 17.8. The highest BCUT2D eigenvalue weighted by atomic mass is 32.2. The van der Waals surface area contributed by atoms with E-state index in [1.165, 1.54) is 0 Å². The minimum Gasteiger partial charge on any atom is -0.464 e. The van der Waals surface area contributed by atoms with Gasteiger partial charge in [-0.25, -0.2) is 4.79 Å². The number of carbonyl (C=O) groups excluding carboxylic acids is 2. The smallest absolute Gasteiger partial charge is 0.464 e. The second-order valence-electron chi connectivity index (χ2n) is 21.7. The van der Waals surface area contributed by atoms with Gasteiger partial charge in [-0.1, -0.05) is 84.0 Å². The van der Waals surface area contributed by atoms with E-state index < -0.39 is 43.9 Å². The molecular formula is C46H58F2O8S3. The minimum absolute atomic E-state index is 0.0165. The fraction of sp³-hybridized carbons (Fsp3) is 0.696. The molecule has 1 heterocycles. The van der Waals surface area contributed by atoms with E-state index in [1.807, 2.05) is 23.5 Å². The summed E-state index contributed by atoms with van der Waals surface area (Å²) in [5.41, 5.74) is 1.82. The third kappa shape index (κ3) is 6.92. The molecule has 6 unspecified atom stereocenters. The molecule has 13 heteroatoms. The third-order valence-corrected chi connectivity index (χ3v) is 20.4. The zero-order valence-electron chi connectivity index (χ0n) is 34.9. The van der Waals surface area contributed by atoms with Gasteiger partial charge in [0, 0.05) is 16.9 Å². The maximum atomic E-state index is 15.2. The number of ether oxygens (including phenoxy) is 2. The molecule has 0 radical (unpaired) electrons. The van der Waals surface area contributed by atoms with Gasteiger partial charge in [0.25, 0.3) is 0 Å². The normalized spacial score (nSPS) is 38.6. The van der Waals surface area contributed by atoms with Gasteiger partial charge in [-0.15, -0.1) is 23.5 Å². The first kappa shape index (κ1) is 42.1. The maximum absolute atomic E-state index is 15.2. The van der Waals surface area contributed by atoms with Crippen LogP contribution >= 0.6 is 23.5 Å². The largest absolute Gasteiger partial charge is 0.465 e. The van der Waals surface area contributed by atoms with Gasteiger partial charge in [-0.05, 0) is 132 Å². The van der Waals surface area contributed by atoms with Crippen molar-refractivity contribution in [2.24, 2.45) is 35.0 Å². The van der Waals surface area contributed by atoms with Crippen LogP contribution < -0.4 is 0 Å². The van der Waals surface area contributed by atoms with Crippen LogP contribution in [0.1, 0.15) is 128 Å². The van der Waals surface area contributed by atoms with E-state index in [2.05, 4.69) is 84.0 Å². The molecule has 6 atom stereocenters. The van der Waals surface area contributed by atoms with Gasteiger partial charge in [0.15, 0.2) is 0 Å². The van der Waals surface area contributed by atoms with Crippen LogP contribution in [0.2, 0.25) is 0 Å². The number of thioether (sulfide) groups is 2. The quantitative estimate of drug-likeness (QED) is 0.196. The average molecular weight is 873 g/mol. The van der Waals surface area contributed by atoms with Crippen LogP contribution in [0.3, 0.4) is 0 Å².